The van der Waals surface area contributed by atoms with E-state index in [-0.39, 0.29) is 0 Å². The fraction of sp³-hybridized carbons (Fsp3) is 0.368. The van der Waals surface area contributed by atoms with Crippen molar-refractivity contribution in [1.29, 1.82) is 0 Å². The molecular formula is C19H25NO. The van der Waals surface area contributed by atoms with E-state index in [0.29, 0.717) is 6.04 Å². The van der Waals surface area contributed by atoms with Gasteiger partial charge < -0.3 is 10.1 Å². The van der Waals surface area contributed by atoms with E-state index in [2.05, 4.69) is 57.3 Å². The molecule has 0 aliphatic carbocycles. The van der Waals surface area contributed by atoms with Gasteiger partial charge in [-0.25, -0.2) is 0 Å². The van der Waals surface area contributed by atoms with Gasteiger partial charge in [0.25, 0.3) is 0 Å². The van der Waals surface area contributed by atoms with Gasteiger partial charge in [0.2, 0.25) is 0 Å². The van der Waals surface area contributed by atoms with Gasteiger partial charge in [0.1, 0.15) is 5.75 Å². The average molecular weight is 283 g/mol. The molecule has 0 aromatic heterocycles. The zero-order valence-electron chi connectivity index (χ0n) is 13.7. The van der Waals surface area contributed by atoms with Crippen LogP contribution in [0, 0.1) is 20.8 Å². The molecule has 21 heavy (non-hydrogen) atoms. The van der Waals surface area contributed by atoms with Gasteiger partial charge in [0.15, 0.2) is 0 Å². The van der Waals surface area contributed by atoms with Gasteiger partial charge >= 0.3 is 0 Å². The van der Waals surface area contributed by atoms with Crippen LogP contribution in [0.5, 0.6) is 5.75 Å². The molecule has 0 aliphatic heterocycles. The third-order valence-electron chi connectivity index (χ3n) is 4.04. The Morgan fingerprint density at radius 3 is 2.10 bits per heavy atom. The Balaban J connectivity index is 2.05. The zero-order chi connectivity index (χ0) is 15.4. The molecule has 112 valence electrons. The number of ether oxygens (including phenoxy) is 1. The van der Waals surface area contributed by atoms with Crippen molar-refractivity contribution in [2.75, 3.05) is 7.11 Å². The summed E-state index contributed by atoms with van der Waals surface area (Å²) in [6.45, 7) is 9.62. The molecule has 2 aromatic carbocycles. The number of methoxy groups -OCH3 is 1. The average Bonchev–Trinajstić information content (AvgIpc) is 2.46. The third-order valence-corrected chi connectivity index (χ3v) is 4.04. The lowest BCUT2D eigenvalue weighted by Crippen LogP contribution is -2.19. The lowest BCUT2D eigenvalue weighted by molar-refractivity contribution is 0.414. The van der Waals surface area contributed by atoms with Gasteiger partial charge in [-0.15, -0.1) is 0 Å². The Hall–Kier alpha value is -1.80. The maximum Gasteiger partial charge on any atom is 0.118 e. The van der Waals surface area contributed by atoms with E-state index in [1.54, 1.807) is 7.11 Å². The van der Waals surface area contributed by atoms with Crippen LogP contribution in [0.15, 0.2) is 36.4 Å². The van der Waals surface area contributed by atoms with Crippen LogP contribution in [0.4, 0.5) is 0 Å². The first-order valence-electron chi connectivity index (χ1n) is 7.45. The van der Waals surface area contributed by atoms with Crippen LogP contribution in [-0.4, -0.2) is 7.11 Å². The zero-order valence-corrected chi connectivity index (χ0v) is 13.7. The first kappa shape index (κ1) is 15.6. The van der Waals surface area contributed by atoms with Gasteiger partial charge in [-0.1, -0.05) is 29.8 Å². The van der Waals surface area contributed by atoms with Crippen LogP contribution < -0.4 is 10.1 Å². The molecular weight excluding hydrogens is 258 g/mol. The lowest BCUT2D eigenvalue weighted by atomic mass is 9.99. The van der Waals surface area contributed by atoms with Gasteiger partial charge in [0, 0.05) is 12.6 Å². The molecule has 0 saturated heterocycles. The Bertz CT molecular complexity index is 578. The molecule has 1 atom stereocenters. The summed E-state index contributed by atoms with van der Waals surface area (Å²) in [6, 6.07) is 13.1. The molecule has 0 radical (unpaired) electrons. The molecule has 2 rings (SSSR count). The van der Waals surface area contributed by atoms with Crippen LogP contribution in [0.1, 0.15) is 40.8 Å². The van der Waals surface area contributed by atoms with E-state index in [1.165, 1.54) is 27.8 Å². The van der Waals surface area contributed by atoms with Crippen molar-refractivity contribution in [3.63, 3.8) is 0 Å². The topological polar surface area (TPSA) is 21.3 Å². The van der Waals surface area contributed by atoms with Crippen molar-refractivity contribution in [2.45, 2.75) is 40.3 Å². The standard InChI is InChI=1S/C19H25NO/c1-13-10-14(2)19(15(3)11-13)12-20-16(4)17-6-8-18(21-5)9-7-17/h6-11,16,20H,12H2,1-5H3/t16-/m0/s1. The van der Waals surface area contributed by atoms with Crippen molar-refractivity contribution >= 4 is 0 Å². The smallest absolute Gasteiger partial charge is 0.118 e. The van der Waals surface area contributed by atoms with E-state index in [0.717, 1.165) is 12.3 Å². The molecule has 0 amide bonds. The quantitative estimate of drug-likeness (QED) is 0.874. The first-order valence-corrected chi connectivity index (χ1v) is 7.45. The maximum absolute atomic E-state index is 5.20. The van der Waals surface area contributed by atoms with E-state index in [1.807, 2.05) is 12.1 Å². The number of hydrogen-bond acceptors (Lipinski definition) is 2. The summed E-state index contributed by atoms with van der Waals surface area (Å²) >= 11 is 0. The molecule has 2 heteroatoms. The first-order chi connectivity index (χ1) is 10.0. The predicted molar refractivity (Wildman–Crippen MR) is 88.9 cm³/mol. The summed E-state index contributed by atoms with van der Waals surface area (Å²) in [5.41, 5.74) is 6.74. The van der Waals surface area contributed by atoms with Crippen LogP contribution in [0.2, 0.25) is 0 Å². The highest BCUT2D eigenvalue weighted by molar-refractivity contribution is 5.37. The Labute approximate surface area is 128 Å². The van der Waals surface area contributed by atoms with E-state index in [9.17, 15) is 0 Å². The second kappa shape index (κ2) is 6.77. The molecule has 2 nitrogen and oxygen atoms in total. The number of nitrogens with one attached hydrogen (secondary N) is 1. The third kappa shape index (κ3) is 3.85. The fourth-order valence-corrected chi connectivity index (χ4v) is 2.75. The Morgan fingerprint density at radius 2 is 1.57 bits per heavy atom. The summed E-state index contributed by atoms with van der Waals surface area (Å²) in [6.07, 6.45) is 0. The normalized spacial score (nSPS) is 12.2. The molecule has 0 spiro atoms. The van der Waals surface area contributed by atoms with Crippen molar-refractivity contribution in [3.05, 3.63) is 64.2 Å². The van der Waals surface area contributed by atoms with Crippen molar-refractivity contribution in [2.24, 2.45) is 0 Å². The van der Waals surface area contributed by atoms with Crippen LogP contribution in [0.25, 0.3) is 0 Å². The number of hydrogen-bond donors (Lipinski definition) is 1. The molecule has 0 unspecified atom stereocenters. The highest BCUT2D eigenvalue weighted by atomic mass is 16.5. The van der Waals surface area contributed by atoms with Crippen molar-refractivity contribution in [3.8, 4) is 5.75 Å². The summed E-state index contributed by atoms with van der Waals surface area (Å²) in [5, 5.41) is 3.61. The second-order valence-electron chi connectivity index (χ2n) is 5.75. The SMILES string of the molecule is COc1ccc([C@H](C)NCc2c(C)cc(C)cc2C)cc1. The molecule has 0 saturated carbocycles. The summed E-state index contributed by atoms with van der Waals surface area (Å²) in [4.78, 5) is 0. The lowest BCUT2D eigenvalue weighted by Gasteiger charge is -2.17. The van der Waals surface area contributed by atoms with E-state index in [4.69, 9.17) is 4.74 Å². The van der Waals surface area contributed by atoms with E-state index >= 15 is 0 Å². The highest BCUT2D eigenvalue weighted by Crippen LogP contribution is 2.20. The summed E-state index contributed by atoms with van der Waals surface area (Å²) in [5.74, 6) is 0.899. The van der Waals surface area contributed by atoms with Gasteiger partial charge in [0.05, 0.1) is 7.11 Å². The molecule has 2 aromatic rings. The Kier molecular flexibility index (Phi) is 5.03. The van der Waals surface area contributed by atoms with Gasteiger partial charge in [-0.2, -0.15) is 0 Å². The van der Waals surface area contributed by atoms with Gasteiger partial charge in [-0.05, 0) is 62.1 Å². The predicted octanol–water partition coefficient (Wildman–Crippen LogP) is 4.47. The largest absolute Gasteiger partial charge is 0.497 e. The molecule has 1 N–H and O–H groups in total. The minimum Gasteiger partial charge on any atom is -0.497 e. The summed E-state index contributed by atoms with van der Waals surface area (Å²) < 4.78 is 5.20. The van der Waals surface area contributed by atoms with Crippen molar-refractivity contribution < 1.29 is 4.74 Å². The monoisotopic (exact) mass is 283 g/mol. The van der Waals surface area contributed by atoms with Crippen LogP contribution >= 0.6 is 0 Å². The highest BCUT2D eigenvalue weighted by Gasteiger charge is 2.08. The minimum absolute atomic E-state index is 0.316. The fourth-order valence-electron chi connectivity index (χ4n) is 2.75. The Morgan fingerprint density at radius 1 is 1.00 bits per heavy atom. The second-order valence-corrected chi connectivity index (χ2v) is 5.75. The minimum atomic E-state index is 0.316. The molecule has 0 bridgehead atoms. The number of benzene rings is 2. The van der Waals surface area contributed by atoms with Crippen LogP contribution in [0.3, 0.4) is 0 Å². The van der Waals surface area contributed by atoms with Gasteiger partial charge in [-0.3, -0.25) is 0 Å². The number of rotatable bonds is 5. The number of aryl methyl sites for hydroxylation is 3. The van der Waals surface area contributed by atoms with Crippen LogP contribution in [-0.2, 0) is 6.54 Å². The summed E-state index contributed by atoms with van der Waals surface area (Å²) in [7, 11) is 1.69. The molecule has 0 aliphatic rings. The molecule has 0 fully saturated rings. The molecule has 0 heterocycles. The maximum atomic E-state index is 5.20. The van der Waals surface area contributed by atoms with Crippen molar-refractivity contribution in [1.82, 2.24) is 5.32 Å². The van der Waals surface area contributed by atoms with E-state index < -0.39 is 0 Å².